The Hall–Kier alpha value is -2.34. The van der Waals surface area contributed by atoms with E-state index < -0.39 is 0 Å². The van der Waals surface area contributed by atoms with Gasteiger partial charge in [-0.05, 0) is 52.0 Å². The van der Waals surface area contributed by atoms with Crippen LogP contribution in [0.15, 0.2) is 30.5 Å². The van der Waals surface area contributed by atoms with Crippen molar-refractivity contribution >= 4 is 5.91 Å². The maximum Gasteiger partial charge on any atom is 0.257 e. The Kier molecular flexibility index (Phi) is 5.08. The van der Waals surface area contributed by atoms with Crippen LogP contribution in [0.3, 0.4) is 0 Å². The van der Waals surface area contributed by atoms with E-state index in [9.17, 15) is 4.79 Å². The number of amides is 1. The molecule has 1 aliphatic heterocycles. The van der Waals surface area contributed by atoms with Gasteiger partial charge >= 0.3 is 0 Å². The lowest BCUT2D eigenvalue weighted by Gasteiger charge is -2.35. The number of likely N-dealkylation sites (tertiary alicyclic amines) is 1. The number of rotatable bonds is 4. The topological polar surface area (TPSA) is 50.6 Å². The number of nitrogens with zero attached hydrogens (tertiary/aromatic N) is 4. The Balaban J connectivity index is 1.84. The molecule has 3 rings (SSSR count). The fourth-order valence-corrected chi connectivity index (χ4v) is 3.41. The van der Waals surface area contributed by atoms with Crippen LogP contribution in [-0.4, -0.2) is 65.8 Å². The van der Waals surface area contributed by atoms with Gasteiger partial charge in [-0.15, -0.1) is 0 Å². The molecule has 6 nitrogen and oxygen atoms in total. The van der Waals surface area contributed by atoms with E-state index in [1.165, 1.54) is 0 Å². The molecular formula is C19H26N4O2. The highest BCUT2D eigenvalue weighted by molar-refractivity contribution is 5.95. The van der Waals surface area contributed by atoms with Crippen molar-refractivity contribution in [3.05, 3.63) is 41.7 Å². The zero-order valence-electron chi connectivity index (χ0n) is 15.4. The van der Waals surface area contributed by atoms with Crippen molar-refractivity contribution < 1.29 is 9.53 Å². The third kappa shape index (κ3) is 3.39. The summed E-state index contributed by atoms with van der Waals surface area (Å²) >= 11 is 0. The minimum absolute atomic E-state index is 0.0354. The highest BCUT2D eigenvalue weighted by Crippen LogP contribution is 2.25. The van der Waals surface area contributed by atoms with E-state index in [1.807, 2.05) is 43.1 Å². The Morgan fingerprint density at radius 2 is 1.96 bits per heavy atom. The summed E-state index contributed by atoms with van der Waals surface area (Å²) in [5.74, 6) is 0.768. The summed E-state index contributed by atoms with van der Waals surface area (Å²) in [7, 11) is 5.66. The second kappa shape index (κ2) is 7.27. The Morgan fingerprint density at radius 1 is 1.28 bits per heavy atom. The Morgan fingerprint density at radius 3 is 2.64 bits per heavy atom. The van der Waals surface area contributed by atoms with Crippen molar-refractivity contribution in [2.45, 2.75) is 25.8 Å². The fourth-order valence-electron chi connectivity index (χ4n) is 3.41. The summed E-state index contributed by atoms with van der Waals surface area (Å²) in [4.78, 5) is 17.2. The monoisotopic (exact) mass is 342 g/mol. The van der Waals surface area contributed by atoms with Gasteiger partial charge in [0.2, 0.25) is 0 Å². The van der Waals surface area contributed by atoms with Gasteiger partial charge < -0.3 is 14.5 Å². The first-order valence-corrected chi connectivity index (χ1v) is 8.66. The van der Waals surface area contributed by atoms with E-state index in [4.69, 9.17) is 4.74 Å². The minimum atomic E-state index is 0.0354. The lowest BCUT2D eigenvalue weighted by Crippen LogP contribution is -2.44. The first-order valence-electron chi connectivity index (χ1n) is 8.66. The van der Waals surface area contributed by atoms with Crippen molar-refractivity contribution in [1.82, 2.24) is 19.6 Å². The predicted octanol–water partition coefficient (Wildman–Crippen LogP) is 2.36. The minimum Gasteiger partial charge on any atom is -0.494 e. The third-order valence-corrected chi connectivity index (χ3v) is 5.11. The first-order chi connectivity index (χ1) is 12.0. The molecule has 0 bridgehead atoms. The maximum absolute atomic E-state index is 13.0. The number of benzene rings is 1. The maximum atomic E-state index is 13.0. The smallest absolute Gasteiger partial charge is 0.257 e. The number of hydrogen-bond donors (Lipinski definition) is 0. The molecule has 0 unspecified atom stereocenters. The first kappa shape index (κ1) is 17.5. The summed E-state index contributed by atoms with van der Waals surface area (Å²) in [5, 5.41) is 4.44. The van der Waals surface area contributed by atoms with Crippen LogP contribution >= 0.6 is 0 Å². The quantitative estimate of drug-likeness (QED) is 0.856. The van der Waals surface area contributed by atoms with Crippen LogP contribution < -0.4 is 4.74 Å². The lowest BCUT2D eigenvalue weighted by atomic mass is 10.0. The zero-order chi connectivity index (χ0) is 18.0. The number of ether oxygens (including phenoxy) is 1. The standard InChI is InChI=1S/C19H26N4O2/c1-14-16(19(24)22(3)15-9-11-21(2)12-10-15)13-20-23(14)17-7-5-6-8-18(17)25-4/h5-8,13,15H,9-12H2,1-4H3. The van der Waals surface area contributed by atoms with Crippen LogP contribution in [0.4, 0.5) is 0 Å². The molecule has 0 atom stereocenters. The van der Waals surface area contributed by atoms with Crippen molar-refractivity contribution in [2.24, 2.45) is 0 Å². The zero-order valence-corrected chi connectivity index (χ0v) is 15.4. The van der Waals surface area contributed by atoms with Crippen molar-refractivity contribution in [1.29, 1.82) is 0 Å². The van der Waals surface area contributed by atoms with Crippen LogP contribution in [0.25, 0.3) is 5.69 Å². The summed E-state index contributed by atoms with van der Waals surface area (Å²) in [6.45, 7) is 3.98. The SMILES string of the molecule is COc1ccccc1-n1ncc(C(=O)N(C)C2CCN(C)CC2)c1C. The van der Waals surface area contributed by atoms with Gasteiger partial charge in [0.1, 0.15) is 11.4 Å². The van der Waals surface area contributed by atoms with E-state index in [0.717, 1.165) is 43.1 Å². The summed E-state index contributed by atoms with van der Waals surface area (Å²) in [5.41, 5.74) is 2.31. The fraction of sp³-hybridized carbons (Fsp3) is 0.474. The molecule has 2 heterocycles. The second-order valence-electron chi connectivity index (χ2n) is 6.68. The number of para-hydroxylation sites is 2. The van der Waals surface area contributed by atoms with Crippen LogP contribution in [0.2, 0.25) is 0 Å². The average Bonchev–Trinajstić information content (AvgIpc) is 3.02. The number of aromatic nitrogens is 2. The molecule has 0 saturated carbocycles. The number of piperidine rings is 1. The third-order valence-electron chi connectivity index (χ3n) is 5.11. The molecule has 0 aliphatic carbocycles. The largest absolute Gasteiger partial charge is 0.494 e. The number of methoxy groups -OCH3 is 1. The normalized spacial score (nSPS) is 16.0. The molecule has 0 spiro atoms. The molecule has 1 aliphatic rings. The van der Waals surface area contributed by atoms with Gasteiger partial charge in [0.15, 0.2) is 0 Å². The highest BCUT2D eigenvalue weighted by Gasteiger charge is 2.27. The van der Waals surface area contributed by atoms with E-state index in [-0.39, 0.29) is 11.9 Å². The molecule has 1 fully saturated rings. The number of carbonyl (C=O) groups excluding carboxylic acids is 1. The Labute approximate surface area is 149 Å². The molecule has 1 aromatic carbocycles. The number of hydrogen-bond acceptors (Lipinski definition) is 4. The van der Waals surface area contributed by atoms with E-state index in [0.29, 0.717) is 5.56 Å². The summed E-state index contributed by atoms with van der Waals surface area (Å²) in [6.07, 6.45) is 3.69. The summed E-state index contributed by atoms with van der Waals surface area (Å²) in [6, 6.07) is 7.97. The van der Waals surface area contributed by atoms with Crippen molar-refractivity contribution in [3.8, 4) is 11.4 Å². The van der Waals surface area contributed by atoms with Crippen LogP contribution in [0, 0.1) is 6.92 Å². The molecule has 0 radical (unpaired) electrons. The van der Waals surface area contributed by atoms with Crippen LogP contribution in [-0.2, 0) is 0 Å². The van der Waals surface area contributed by atoms with E-state index in [1.54, 1.807) is 18.0 Å². The van der Waals surface area contributed by atoms with Crippen LogP contribution in [0.5, 0.6) is 5.75 Å². The molecule has 0 N–H and O–H groups in total. The van der Waals surface area contributed by atoms with Gasteiger partial charge in [0, 0.05) is 13.1 Å². The molecule has 1 amide bonds. The molecule has 1 saturated heterocycles. The molecule has 2 aromatic rings. The van der Waals surface area contributed by atoms with Crippen molar-refractivity contribution in [2.75, 3.05) is 34.3 Å². The van der Waals surface area contributed by atoms with Gasteiger partial charge in [-0.25, -0.2) is 4.68 Å². The molecule has 134 valence electrons. The molecule has 25 heavy (non-hydrogen) atoms. The summed E-state index contributed by atoms with van der Waals surface area (Å²) < 4.78 is 7.19. The van der Waals surface area contributed by atoms with Crippen LogP contribution in [0.1, 0.15) is 28.9 Å². The van der Waals surface area contributed by atoms with Gasteiger partial charge in [-0.3, -0.25) is 4.79 Å². The molecule has 1 aromatic heterocycles. The second-order valence-corrected chi connectivity index (χ2v) is 6.68. The Bertz CT molecular complexity index is 748. The van der Waals surface area contributed by atoms with Gasteiger partial charge in [0.05, 0.1) is 24.6 Å². The molecule has 6 heteroatoms. The van der Waals surface area contributed by atoms with Gasteiger partial charge in [-0.2, -0.15) is 5.10 Å². The van der Waals surface area contributed by atoms with E-state index in [2.05, 4.69) is 17.0 Å². The highest BCUT2D eigenvalue weighted by atomic mass is 16.5. The van der Waals surface area contributed by atoms with Crippen molar-refractivity contribution in [3.63, 3.8) is 0 Å². The van der Waals surface area contributed by atoms with Gasteiger partial charge in [0.25, 0.3) is 5.91 Å². The number of carbonyl (C=O) groups is 1. The molecular weight excluding hydrogens is 316 g/mol. The van der Waals surface area contributed by atoms with E-state index >= 15 is 0 Å². The predicted molar refractivity (Wildman–Crippen MR) is 97.5 cm³/mol. The average molecular weight is 342 g/mol. The van der Waals surface area contributed by atoms with Gasteiger partial charge in [-0.1, -0.05) is 12.1 Å². The lowest BCUT2D eigenvalue weighted by molar-refractivity contribution is 0.0659.